The number of benzene rings is 1. The van der Waals surface area contributed by atoms with Crippen LogP contribution in [0.2, 0.25) is 0 Å². The van der Waals surface area contributed by atoms with E-state index >= 15 is 0 Å². The molecule has 1 aromatic carbocycles. The van der Waals surface area contributed by atoms with Crippen molar-refractivity contribution in [1.29, 1.82) is 0 Å². The van der Waals surface area contributed by atoms with Crippen LogP contribution in [0.5, 0.6) is 0 Å². The zero-order valence-corrected chi connectivity index (χ0v) is 11.4. The van der Waals surface area contributed by atoms with Crippen molar-refractivity contribution in [3.05, 3.63) is 54.5 Å². The van der Waals surface area contributed by atoms with Gasteiger partial charge in [0.25, 0.3) is 0 Å². The van der Waals surface area contributed by atoms with Gasteiger partial charge in [0, 0.05) is 5.56 Å². The average Bonchev–Trinajstić information content (AvgIpc) is 3.19. The molecule has 0 fully saturated rings. The standard InChI is InChI=1S/C14H12FN5O2/c15-11-3-1-10(2-4-11)13-12(7-17-19-13)14(21)22-6-5-20-9-16-8-18-20/h1-4,7-9H,5-6H2,(H,17,19). The number of hydrogen-bond acceptors (Lipinski definition) is 5. The van der Waals surface area contributed by atoms with Gasteiger partial charge in [0.05, 0.1) is 18.4 Å². The molecule has 0 unspecified atom stereocenters. The number of H-pyrrole nitrogens is 1. The number of ether oxygens (including phenoxy) is 1. The fourth-order valence-corrected chi connectivity index (χ4v) is 1.94. The Morgan fingerprint density at radius 2 is 2.14 bits per heavy atom. The molecular formula is C14H12FN5O2. The fourth-order valence-electron chi connectivity index (χ4n) is 1.94. The van der Waals surface area contributed by atoms with Crippen molar-refractivity contribution < 1.29 is 13.9 Å². The van der Waals surface area contributed by atoms with Crippen LogP contribution in [0.3, 0.4) is 0 Å². The smallest absolute Gasteiger partial charge is 0.342 e. The van der Waals surface area contributed by atoms with Crippen LogP contribution < -0.4 is 0 Å². The van der Waals surface area contributed by atoms with E-state index < -0.39 is 5.97 Å². The summed E-state index contributed by atoms with van der Waals surface area (Å²) in [5, 5.41) is 10.5. The second-order valence-electron chi connectivity index (χ2n) is 4.46. The second-order valence-corrected chi connectivity index (χ2v) is 4.46. The molecule has 0 saturated carbocycles. The lowest BCUT2D eigenvalue weighted by Gasteiger charge is -2.05. The lowest BCUT2D eigenvalue weighted by atomic mass is 10.1. The molecule has 112 valence electrons. The summed E-state index contributed by atoms with van der Waals surface area (Å²) in [4.78, 5) is 15.9. The summed E-state index contributed by atoms with van der Waals surface area (Å²) in [6.45, 7) is 0.575. The number of nitrogens with zero attached hydrogens (tertiary/aromatic N) is 4. The van der Waals surface area contributed by atoms with E-state index in [9.17, 15) is 9.18 Å². The molecule has 0 radical (unpaired) electrons. The number of rotatable bonds is 5. The summed E-state index contributed by atoms with van der Waals surface area (Å²) in [6.07, 6.45) is 4.33. The van der Waals surface area contributed by atoms with Crippen molar-refractivity contribution in [3.8, 4) is 11.3 Å². The summed E-state index contributed by atoms with van der Waals surface area (Å²) in [7, 11) is 0. The van der Waals surface area contributed by atoms with E-state index in [1.54, 1.807) is 16.8 Å². The molecule has 3 rings (SSSR count). The lowest BCUT2D eigenvalue weighted by molar-refractivity contribution is 0.0488. The van der Waals surface area contributed by atoms with E-state index in [1.165, 1.54) is 31.0 Å². The van der Waals surface area contributed by atoms with Gasteiger partial charge in [0.2, 0.25) is 0 Å². The molecule has 3 aromatic rings. The van der Waals surface area contributed by atoms with Crippen molar-refractivity contribution in [2.75, 3.05) is 6.61 Å². The summed E-state index contributed by atoms with van der Waals surface area (Å²) in [5.41, 5.74) is 1.44. The highest BCUT2D eigenvalue weighted by atomic mass is 19.1. The Hall–Kier alpha value is -3.03. The number of hydrogen-bond donors (Lipinski definition) is 1. The minimum atomic E-state index is -0.506. The molecule has 1 N–H and O–H groups in total. The minimum Gasteiger partial charge on any atom is -0.460 e. The van der Waals surface area contributed by atoms with Crippen molar-refractivity contribution in [1.82, 2.24) is 25.0 Å². The fraction of sp³-hybridized carbons (Fsp3) is 0.143. The Labute approximate surface area is 124 Å². The molecule has 2 heterocycles. The molecule has 2 aromatic heterocycles. The van der Waals surface area contributed by atoms with Gasteiger partial charge in [-0.15, -0.1) is 0 Å². The maximum absolute atomic E-state index is 13.0. The molecular weight excluding hydrogens is 289 g/mol. The van der Waals surface area contributed by atoms with Gasteiger partial charge < -0.3 is 4.74 Å². The monoisotopic (exact) mass is 301 g/mol. The third-order valence-electron chi connectivity index (χ3n) is 3.01. The number of carbonyl (C=O) groups excluding carboxylic acids is 1. The molecule has 7 nitrogen and oxygen atoms in total. The van der Waals surface area contributed by atoms with Gasteiger partial charge in [-0.3, -0.25) is 5.10 Å². The Kier molecular flexibility index (Phi) is 3.90. The molecule has 22 heavy (non-hydrogen) atoms. The summed E-state index contributed by atoms with van der Waals surface area (Å²) in [6, 6.07) is 5.76. The molecule has 8 heteroatoms. The first-order chi connectivity index (χ1) is 10.7. The maximum Gasteiger partial charge on any atom is 0.342 e. The maximum atomic E-state index is 13.0. The first-order valence-electron chi connectivity index (χ1n) is 6.53. The number of aromatic nitrogens is 5. The van der Waals surface area contributed by atoms with Crippen LogP contribution in [-0.2, 0) is 11.3 Å². The highest BCUT2D eigenvalue weighted by Crippen LogP contribution is 2.21. The molecule has 0 aliphatic carbocycles. The van der Waals surface area contributed by atoms with Crippen LogP contribution in [0.15, 0.2) is 43.1 Å². The molecule has 0 aliphatic heterocycles. The van der Waals surface area contributed by atoms with Crippen molar-refractivity contribution in [2.45, 2.75) is 6.54 Å². The van der Waals surface area contributed by atoms with E-state index in [-0.39, 0.29) is 12.4 Å². The number of halogens is 1. The summed E-state index contributed by atoms with van der Waals surface area (Å²) >= 11 is 0. The van der Waals surface area contributed by atoms with Gasteiger partial charge in [-0.1, -0.05) is 0 Å². The van der Waals surface area contributed by atoms with Crippen molar-refractivity contribution in [3.63, 3.8) is 0 Å². The number of nitrogens with one attached hydrogen (secondary N) is 1. The number of aromatic amines is 1. The predicted molar refractivity (Wildman–Crippen MR) is 74.3 cm³/mol. The average molecular weight is 301 g/mol. The van der Waals surface area contributed by atoms with Gasteiger partial charge in [-0.2, -0.15) is 10.2 Å². The summed E-state index contributed by atoms with van der Waals surface area (Å²) < 4.78 is 19.7. The lowest BCUT2D eigenvalue weighted by Crippen LogP contribution is -2.12. The summed E-state index contributed by atoms with van der Waals surface area (Å²) in [5.74, 6) is -0.853. The van der Waals surface area contributed by atoms with Gasteiger partial charge in [0.1, 0.15) is 30.6 Å². The normalized spacial score (nSPS) is 10.6. The highest BCUT2D eigenvalue weighted by Gasteiger charge is 2.16. The van der Waals surface area contributed by atoms with E-state index in [0.29, 0.717) is 23.4 Å². The molecule has 0 bridgehead atoms. The minimum absolute atomic E-state index is 0.163. The number of esters is 1. The zero-order valence-electron chi connectivity index (χ0n) is 11.4. The van der Waals surface area contributed by atoms with E-state index in [0.717, 1.165) is 0 Å². The Bertz CT molecular complexity index is 752. The van der Waals surface area contributed by atoms with E-state index in [4.69, 9.17) is 4.74 Å². The predicted octanol–water partition coefficient (Wildman–Crippen LogP) is 1.66. The van der Waals surface area contributed by atoms with E-state index in [1.807, 2.05) is 0 Å². The highest BCUT2D eigenvalue weighted by molar-refractivity contribution is 5.95. The van der Waals surface area contributed by atoms with Crippen LogP contribution in [0, 0.1) is 5.82 Å². The van der Waals surface area contributed by atoms with Gasteiger partial charge in [-0.05, 0) is 24.3 Å². The van der Waals surface area contributed by atoms with Gasteiger partial charge >= 0.3 is 5.97 Å². The Morgan fingerprint density at radius 3 is 2.86 bits per heavy atom. The first-order valence-corrected chi connectivity index (χ1v) is 6.53. The largest absolute Gasteiger partial charge is 0.460 e. The van der Waals surface area contributed by atoms with Crippen molar-refractivity contribution in [2.24, 2.45) is 0 Å². The van der Waals surface area contributed by atoms with Gasteiger partial charge in [0.15, 0.2) is 0 Å². The Morgan fingerprint density at radius 1 is 1.32 bits per heavy atom. The topological polar surface area (TPSA) is 85.7 Å². The molecule has 0 amide bonds. The third kappa shape index (κ3) is 3.00. The molecule has 0 atom stereocenters. The third-order valence-corrected chi connectivity index (χ3v) is 3.01. The first kappa shape index (κ1) is 13.9. The zero-order chi connectivity index (χ0) is 15.4. The van der Waals surface area contributed by atoms with Crippen LogP contribution in [0.25, 0.3) is 11.3 Å². The number of carbonyl (C=O) groups is 1. The van der Waals surface area contributed by atoms with Crippen LogP contribution in [-0.4, -0.2) is 37.5 Å². The molecule has 0 saturated heterocycles. The van der Waals surface area contributed by atoms with Crippen LogP contribution in [0.1, 0.15) is 10.4 Å². The quantitative estimate of drug-likeness (QED) is 0.724. The Balaban J connectivity index is 1.68. The van der Waals surface area contributed by atoms with Crippen molar-refractivity contribution >= 4 is 5.97 Å². The van der Waals surface area contributed by atoms with Crippen LogP contribution >= 0.6 is 0 Å². The van der Waals surface area contributed by atoms with E-state index in [2.05, 4.69) is 20.3 Å². The van der Waals surface area contributed by atoms with Crippen LogP contribution in [0.4, 0.5) is 4.39 Å². The molecule has 0 aliphatic rings. The second kappa shape index (κ2) is 6.17. The SMILES string of the molecule is O=C(OCCn1cncn1)c1cn[nH]c1-c1ccc(F)cc1. The molecule has 0 spiro atoms. The van der Waals surface area contributed by atoms with Gasteiger partial charge in [-0.25, -0.2) is 18.9 Å².